The van der Waals surface area contributed by atoms with Crippen molar-refractivity contribution >= 4 is 10.0 Å². The summed E-state index contributed by atoms with van der Waals surface area (Å²) in [6.45, 7) is 5.62. The summed E-state index contributed by atoms with van der Waals surface area (Å²) in [6.07, 6.45) is 3.63. The Balaban J connectivity index is 2.50. The van der Waals surface area contributed by atoms with Gasteiger partial charge in [-0.3, -0.25) is 0 Å². The van der Waals surface area contributed by atoms with Gasteiger partial charge in [-0.2, -0.15) is 4.31 Å². The highest BCUT2D eigenvalue weighted by Gasteiger charge is 2.39. The zero-order valence-electron chi connectivity index (χ0n) is 10.6. The molecule has 0 saturated carbocycles. The van der Waals surface area contributed by atoms with Gasteiger partial charge in [0.25, 0.3) is 0 Å². The SMILES string of the molecule is CNCCCCS(=O)(=O)N1CCCC1(C)C. The number of nitrogens with one attached hydrogen (secondary N) is 1. The maximum absolute atomic E-state index is 12.1. The van der Waals surface area contributed by atoms with Gasteiger partial charge in [-0.05, 0) is 53.1 Å². The van der Waals surface area contributed by atoms with Crippen molar-refractivity contribution in [3.8, 4) is 0 Å². The van der Waals surface area contributed by atoms with Crippen LogP contribution in [-0.4, -0.2) is 44.2 Å². The van der Waals surface area contributed by atoms with E-state index in [1.165, 1.54) is 0 Å². The van der Waals surface area contributed by atoms with Gasteiger partial charge in [0, 0.05) is 12.1 Å². The maximum Gasteiger partial charge on any atom is 0.214 e. The van der Waals surface area contributed by atoms with Crippen LogP contribution in [0.2, 0.25) is 0 Å². The van der Waals surface area contributed by atoms with Gasteiger partial charge in [0.2, 0.25) is 10.0 Å². The molecule has 1 fully saturated rings. The highest BCUT2D eigenvalue weighted by molar-refractivity contribution is 7.89. The van der Waals surface area contributed by atoms with E-state index in [1.807, 2.05) is 20.9 Å². The van der Waals surface area contributed by atoms with Crippen molar-refractivity contribution in [1.29, 1.82) is 0 Å². The Kier molecular flexibility index (Phi) is 4.76. The van der Waals surface area contributed by atoms with Gasteiger partial charge in [0.05, 0.1) is 5.75 Å². The zero-order chi connectivity index (χ0) is 12.2. The summed E-state index contributed by atoms with van der Waals surface area (Å²) in [5.74, 6) is 0.290. The monoisotopic (exact) mass is 248 g/mol. The normalized spacial score (nSPS) is 21.4. The Bertz CT molecular complexity index is 312. The molecule has 5 heteroatoms. The summed E-state index contributed by atoms with van der Waals surface area (Å²) in [7, 11) is -1.16. The number of hydrogen-bond acceptors (Lipinski definition) is 3. The number of nitrogens with zero attached hydrogens (tertiary/aromatic N) is 1. The number of rotatable bonds is 6. The predicted molar refractivity (Wildman–Crippen MR) is 67.0 cm³/mol. The molecule has 96 valence electrons. The van der Waals surface area contributed by atoms with E-state index in [2.05, 4.69) is 5.32 Å². The predicted octanol–water partition coefficient (Wildman–Crippen LogP) is 1.19. The molecule has 1 rings (SSSR count). The largest absolute Gasteiger partial charge is 0.320 e. The van der Waals surface area contributed by atoms with Gasteiger partial charge >= 0.3 is 0 Å². The zero-order valence-corrected chi connectivity index (χ0v) is 11.4. The van der Waals surface area contributed by atoms with E-state index in [9.17, 15) is 8.42 Å². The fourth-order valence-electron chi connectivity index (χ4n) is 2.29. The number of unbranched alkanes of at least 4 members (excludes halogenated alkanes) is 1. The van der Waals surface area contributed by atoms with Gasteiger partial charge < -0.3 is 5.32 Å². The van der Waals surface area contributed by atoms with Gasteiger partial charge in [0.1, 0.15) is 0 Å². The Morgan fingerprint density at radius 3 is 2.50 bits per heavy atom. The summed E-state index contributed by atoms with van der Waals surface area (Å²) in [6, 6.07) is 0. The van der Waals surface area contributed by atoms with Crippen LogP contribution in [0.15, 0.2) is 0 Å². The Morgan fingerprint density at radius 2 is 2.00 bits per heavy atom. The molecule has 0 aromatic rings. The summed E-state index contributed by atoms with van der Waals surface area (Å²) < 4.78 is 25.9. The van der Waals surface area contributed by atoms with Crippen LogP contribution in [0.3, 0.4) is 0 Å². The van der Waals surface area contributed by atoms with Crippen molar-refractivity contribution in [3.63, 3.8) is 0 Å². The van der Waals surface area contributed by atoms with Gasteiger partial charge in [-0.1, -0.05) is 0 Å². The van der Waals surface area contributed by atoms with E-state index in [0.29, 0.717) is 6.54 Å². The van der Waals surface area contributed by atoms with E-state index in [-0.39, 0.29) is 11.3 Å². The molecule has 1 aliphatic rings. The molecule has 1 aliphatic heterocycles. The van der Waals surface area contributed by atoms with Crippen LogP contribution in [0.4, 0.5) is 0 Å². The molecule has 1 N–H and O–H groups in total. The third-order valence-electron chi connectivity index (χ3n) is 3.24. The van der Waals surface area contributed by atoms with E-state index >= 15 is 0 Å². The molecule has 0 aromatic carbocycles. The minimum atomic E-state index is -3.04. The number of sulfonamides is 1. The lowest BCUT2D eigenvalue weighted by Gasteiger charge is -2.30. The van der Waals surface area contributed by atoms with Crippen LogP contribution in [0.25, 0.3) is 0 Å². The first-order chi connectivity index (χ1) is 7.40. The molecule has 0 aliphatic carbocycles. The molecule has 0 atom stereocenters. The van der Waals surface area contributed by atoms with E-state index in [4.69, 9.17) is 0 Å². The summed E-state index contributed by atoms with van der Waals surface area (Å²) in [5, 5.41) is 3.03. The molecule has 4 nitrogen and oxygen atoms in total. The molecule has 1 heterocycles. The van der Waals surface area contributed by atoms with Crippen LogP contribution in [0, 0.1) is 0 Å². The molecule has 0 spiro atoms. The van der Waals surface area contributed by atoms with Gasteiger partial charge in [-0.25, -0.2) is 8.42 Å². The fourth-order valence-corrected chi connectivity index (χ4v) is 4.34. The van der Waals surface area contributed by atoms with Crippen LogP contribution >= 0.6 is 0 Å². The smallest absolute Gasteiger partial charge is 0.214 e. The summed E-state index contributed by atoms with van der Waals surface area (Å²) >= 11 is 0. The van der Waals surface area contributed by atoms with Gasteiger partial charge in [-0.15, -0.1) is 0 Å². The lowest BCUT2D eigenvalue weighted by Crippen LogP contribution is -2.43. The minimum Gasteiger partial charge on any atom is -0.320 e. The Hall–Kier alpha value is -0.130. The van der Waals surface area contributed by atoms with Crippen molar-refractivity contribution in [2.75, 3.05) is 25.9 Å². The quantitative estimate of drug-likeness (QED) is 0.718. The fraction of sp³-hybridized carbons (Fsp3) is 1.00. The van der Waals surface area contributed by atoms with Crippen molar-refractivity contribution in [2.45, 2.75) is 45.1 Å². The minimum absolute atomic E-state index is 0.179. The molecule has 0 unspecified atom stereocenters. The van der Waals surface area contributed by atoms with Crippen LogP contribution in [0.5, 0.6) is 0 Å². The molecule has 1 saturated heterocycles. The Labute approximate surface area is 99.5 Å². The summed E-state index contributed by atoms with van der Waals surface area (Å²) in [5.41, 5.74) is -0.179. The Morgan fingerprint density at radius 1 is 1.31 bits per heavy atom. The molecule has 0 bridgehead atoms. The van der Waals surface area contributed by atoms with Crippen molar-refractivity contribution in [1.82, 2.24) is 9.62 Å². The molecule has 16 heavy (non-hydrogen) atoms. The van der Waals surface area contributed by atoms with E-state index in [1.54, 1.807) is 4.31 Å². The standard InChI is InChI=1S/C11H24N2O2S/c1-11(2)7-6-9-13(11)16(14,15)10-5-4-8-12-3/h12H,4-10H2,1-3H3. The molecular formula is C11H24N2O2S. The first-order valence-electron chi connectivity index (χ1n) is 6.05. The third-order valence-corrected chi connectivity index (χ3v) is 5.39. The lowest BCUT2D eigenvalue weighted by molar-refractivity contribution is 0.291. The number of hydrogen-bond donors (Lipinski definition) is 1. The molecule has 0 radical (unpaired) electrons. The van der Waals surface area contributed by atoms with Crippen molar-refractivity contribution in [3.05, 3.63) is 0 Å². The molecular weight excluding hydrogens is 224 g/mol. The van der Waals surface area contributed by atoms with Gasteiger partial charge in [0.15, 0.2) is 0 Å². The second kappa shape index (κ2) is 5.47. The van der Waals surface area contributed by atoms with E-state index < -0.39 is 10.0 Å². The molecule has 0 aromatic heterocycles. The van der Waals surface area contributed by atoms with E-state index in [0.717, 1.165) is 32.2 Å². The first-order valence-corrected chi connectivity index (χ1v) is 7.66. The highest BCUT2D eigenvalue weighted by atomic mass is 32.2. The second-order valence-electron chi connectivity index (χ2n) is 5.11. The summed E-state index contributed by atoms with van der Waals surface area (Å²) in [4.78, 5) is 0. The molecule has 0 amide bonds. The van der Waals surface area contributed by atoms with Crippen molar-refractivity contribution < 1.29 is 8.42 Å². The second-order valence-corrected chi connectivity index (χ2v) is 7.13. The third kappa shape index (κ3) is 3.43. The highest BCUT2D eigenvalue weighted by Crippen LogP contribution is 2.31. The van der Waals surface area contributed by atoms with Crippen LogP contribution < -0.4 is 5.32 Å². The topological polar surface area (TPSA) is 49.4 Å². The average Bonchev–Trinajstić information content (AvgIpc) is 2.53. The first kappa shape index (κ1) is 13.9. The van der Waals surface area contributed by atoms with Crippen molar-refractivity contribution in [2.24, 2.45) is 0 Å². The van der Waals surface area contributed by atoms with Crippen LogP contribution in [-0.2, 0) is 10.0 Å². The lowest BCUT2D eigenvalue weighted by atomic mass is 10.0. The maximum atomic E-state index is 12.1. The average molecular weight is 248 g/mol. The van der Waals surface area contributed by atoms with Crippen LogP contribution in [0.1, 0.15) is 39.5 Å².